The first-order valence-electron chi connectivity index (χ1n) is 9.59. The highest BCUT2D eigenvalue weighted by molar-refractivity contribution is 6.65. The number of esters is 1. The quantitative estimate of drug-likeness (QED) is 0.397. The lowest BCUT2D eigenvalue weighted by Gasteiger charge is -2.32. The van der Waals surface area contributed by atoms with E-state index in [0.717, 1.165) is 22.2 Å². The maximum atomic E-state index is 11.8. The standard InChI is InChI=1S/C23H26BClO4/c1-15(2)27-21(26)13-16-7-9-17(10-8-16)18-11-12-19(20(25)14-18)24-28-22(3,4)23(5,6)29-24/h7-12,14H,1,13H2,2-6H3. The third-order valence-electron chi connectivity index (χ3n) is 5.43. The van der Waals surface area contributed by atoms with E-state index in [2.05, 4.69) is 6.58 Å². The number of ether oxygens (including phenoxy) is 1. The van der Waals surface area contributed by atoms with Crippen LogP contribution in [0.2, 0.25) is 5.02 Å². The Balaban J connectivity index is 1.75. The van der Waals surface area contributed by atoms with Gasteiger partial charge in [0.2, 0.25) is 0 Å². The van der Waals surface area contributed by atoms with E-state index in [-0.39, 0.29) is 12.4 Å². The minimum atomic E-state index is -0.497. The number of allylic oxidation sites excluding steroid dienone is 1. The zero-order chi connectivity index (χ0) is 21.4. The molecule has 1 aliphatic rings. The highest BCUT2D eigenvalue weighted by Gasteiger charge is 2.52. The van der Waals surface area contributed by atoms with E-state index >= 15 is 0 Å². The first-order valence-corrected chi connectivity index (χ1v) is 9.97. The van der Waals surface area contributed by atoms with Gasteiger partial charge >= 0.3 is 13.1 Å². The van der Waals surface area contributed by atoms with E-state index in [1.54, 1.807) is 6.92 Å². The Kier molecular flexibility index (Phi) is 5.95. The van der Waals surface area contributed by atoms with Crippen LogP contribution in [0.25, 0.3) is 11.1 Å². The molecule has 1 aliphatic heterocycles. The molecule has 4 nitrogen and oxygen atoms in total. The number of benzene rings is 2. The van der Waals surface area contributed by atoms with Gasteiger partial charge in [-0.05, 0) is 57.4 Å². The molecule has 0 bridgehead atoms. The van der Waals surface area contributed by atoms with Crippen LogP contribution in [0.3, 0.4) is 0 Å². The molecule has 0 saturated carbocycles. The molecule has 0 N–H and O–H groups in total. The molecule has 1 heterocycles. The highest BCUT2D eigenvalue weighted by atomic mass is 35.5. The lowest BCUT2D eigenvalue weighted by atomic mass is 9.78. The summed E-state index contributed by atoms with van der Waals surface area (Å²) in [6, 6.07) is 13.6. The van der Waals surface area contributed by atoms with Crippen LogP contribution in [-0.4, -0.2) is 24.3 Å². The second kappa shape index (κ2) is 7.98. The lowest BCUT2D eigenvalue weighted by Crippen LogP contribution is -2.41. The monoisotopic (exact) mass is 412 g/mol. The van der Waals surface area contributed by atoms with Gasteiger partial charge in [-0.2, -0.15) is 0 Å². The molecule has 152 valence electrons. The van der Waals surface area contributed by atoms with Crippen LogP contribution in [0.4, 0.5) is 0 Å². The predicted molar refractivity (Wildman–Crippen MR) is 117 cm³/mol. The fourth-order valence-electron chi connectivity index (χ4n) is 3.08. The average Bonchev–Trinajstić information content (AvgIpc) is 2.82. The molecule has 0 atom stereocenters. The van der Waals surface area contributed by atoms with Gasteiger partial charge in [-0.25, -0.2) is 0 Å². The second-order valence-corrected chi connectivity index (χ2v) is 8.78. The first-order chi connectivity index (χ1) is 13.5. The first kappa shape index (κ1) is 21.6. The topological polar surface area (TPSA) is 44.8 Å². The van der Waals surface area contributed by atoms with Gasteiger partial charge < -0.3 is 14.0 Å². The molecule has 0 radical (unpaired) electrons. The zero-order valence-corrected chi connectivity index (χ0v) is 18.3. The number of carbonyl (C=O) groups is 1. The summed E-state index contributed by atoms with van der Waals surface area (Å²) in [4.78, 5) is 11.8. The van der Waals surface area contributed by atoms with Crippen LogP contribution in [0, 0.1) is 0 Å². The molecule has 0 spiro atoms. The van der Waals surface area contributed by atoms with Crippen molar-refractivity contribution in [2.24, 2.45) is 0 Å². The Morgan fingerprint density at radius 3 is 2.10 bits per heavy atom. The fraction of sp³-hybridized carbons (Fsp3) is 0.348. The van der Waals surface area contributed by atoms with Crippen molar-refractivity contribution in [1.82, 2.24) is 0 Å². The molecular weight excluding hydrogens is 387 g/mol. The maximum absolute atomic E-state index is 11.8. The minimum absolute atomic E-state index is 0.203. The van der Waals surface area contributed by atoms with Crippen molar-refractivity contribution in [2.75, 3.05) is 0 Å². The second-order valence-electron chi connectivity index (χ2n) is 8.37. The van der Waals surface area contributed by atoms with Gasteiger partial charge in [0, 0.05) is 10.5 Å². The fourth-order valence-corrected chi connectivity index (χ4v) is 3.35. The molecule has 0 amide bonds. The van der Waals surface area contributed by atoms with Gasteiger partial charge in [-0.1, -0.05) is 54.6 Å². The van der Waals surface area contributed by atoms with Crippen molar-refractivity contribution in [3.8, 4) is 11.1 Å². The summed E-state index contributed by atoms with van der Waals surface area (Å²) in [5, 5.41) is 0.593. The summed E-state index contributed by atoms with van der Waals surface area (Å²) in [5.41, 5.74) is 2.84. The molecule has 29 heavy (non-hydrogen) atoms. The van der Waals surface area contributed by atoms with Gasteiger partial charge in [-0.15, -0.1) is 0 Å². The van der Waals surface area contributed by atoms with Crippen molar-refractivity contribution in [3.05, 3.63) is 65.4 Å². The number of hydrogen-bond donors (Lipinski definition) is 0. The van der Waals surface area contributed by atoms with E-state index in [9.17, 15) is 4.79 Å². The molecule has 0 aliphatic carbocycles. The SMILES string of the molecule is C=C(C)OC(=O)Cc1ccc(-c2ccc(B3OC(C)(C)C(C)(C)O3)c(Cl)c2)cc1. The minimum Gasteiger partial charge on any atom is -0.432 e. The van der Waals surface area contributed by atoms with E-state index in [1.807, 2.05) is 70.2 Å². The Morgan fingerprint density at radius 1 is 1.03 bits per heavy atom. The third-order valence-corrected chi connectivity index (χ3v) is 5.76. The average molecular weight is 413 g/mol. The molecule has 2 aromatic carbocycles. The Morgan fingerprint density at radius 2 is 1.59 bits per heavy atom. The largest absolute Gasteiger partial charge is 0.496 e. The molecule has 0 aromatic heterocycles. The van der Waals surface area contributed by atoms with Crippen LogP contribution >= 0.6 is 11.6 Å². The number of hydrogen-bond acceptors (Lipinski definition) is 4. The smallest absolute Gasteiger partial charge is 0.432 e. The molecule has 0 unspecified atom stereocenters. The van der Waals surface area contributed by atoms with Gasteiger partial charge in [0.25, 0.3) is 0 Å². The van der Waals surface area contributed by atoms with Crippen LogP contribution < -0.4 is 5.46 Å². The zero-order valence-electron chi connectivity index (χ0n) is 17.5. The van der Waals surface area contributed by atoms with Crippen LogP contribution in [0.1, 0.15) is 40.2 Å². The Bertz CT molecular complexity index is 918. The van der Waals surface area contributed by atoms with Crippen molar-refractivity contribution in [2.45, 2.75) is 52.2 Å². The molecule has 6 heteroatoms. The summed E-state index contributed by atoms with van der Waals surface area (Å²) in [6.07, 6.45) is 0.203. The molecule has 1 fully saturated rings. The van der Waals surface area contributed by atoms with E-state index < -0.39 is 18.3 Å². The molecule has 1 saturated heterocycles. The van der Waals surface area contributed by atoms with Crippen molar-refractivity contribution in [1.29, 1.82) is 0 Å². The van der Waals surface area contributed by atoms with Gasteiger partial charge in [0.05, 0.1) is 23.4 Å². The molecule has 3 rings (SSSR count). The van der Waals surface area contributed by atoms with Crippen molar-refractivity contribution < 1.29 is 18.8 Å². The van der Waals surface area contributed by atoms with E-state index in [4.69, 9.17) is 25.6 Å². The normalized spacial score (nSPS) is 17.2. The summed E-state index contributed by atoms with van der Waals surface area (Å²) in [7, 11) is -0.497. The number of rotatable bonds is 5. The predicted octanol–water partition coefficient (Wildman–Crippen LogP) is 4.93. The van der Waals surface area contributed by atoms with Crippen molar-refractivity contribution in [3.63, 3.8) is 0 Å². The van der Waals surface area contributed by atoms with Crippen LogP contribution in [0.5, 0.6) is 0 Å². The van der Waals surface area contributed by atoms with Gasteiger partial charge in [0.15, 0.2) is 0 Å². The Hall–Kier alpha value is -2.08. The number of halogens is 1. The highest BCUT2D eigenvalue weighted by Crippen LogP contribution is 2.37. The van der Waals surface area contributed by atoms with E-state index in [1.165, 1.54) is 0 Å². The van der Waals surface area contributed by atoms with Gasteiger partial charge in [-0.3, -0.25) is 4.79 Å². The molecular formula is C23H26BClO4. The van der Waals surface area contributed by atoms with Crippen LogP contribution in [-0.2, 0) is 25.3 Å². The third kappa shape index (κ3) is 4.74. The summed E-state index contributed by atoms with van der Waals surface area (Å²) in [6.45, 7) is 13.3. The lowest BCUT2D eigenvalue weighted by molar-refractivity contribution is -0.138. The summed E-state index contributed by atoms with van der Waals surface area (Å²) in [5.74, 6) is 0.0726. The van der Waals surface area contributed by atoms with Crippen molar-refractivity contribution >= 4 is 30.2 Å². The summed E-state index contributed by atoms with van der Waals surface area (Å²) < 4.78 is 17.2. The maximum Gasteiger partial charge on any atom is 0.496 e. The van der Waals surface area contributed by atoms with Gasteiger partial charge in [0.1, 0.15) is 0 Å². The molecule has 2 aromatic rings. The van der Waals surface area contributed by atoms with E-state index in [0.29, 0.717) is 10.8 Å². The summed E-state index contributed by atoms with van der Waals surface area (Å²) >= 11 is 6.56. The number of carbonyl (C=O) groups excluding carboxylic acids is 1. The van der Waals surface area contributed by atoms with Crippen LogP contribution in [0.15, 0.2) is 54.8 Å². The Labute approximate surface area is 178 Å².